The van der Waals surface area contributed by atoms with Crippen molar-refractivity contribution in [1.82, 2.24) is 9.97 Å². The minimum Gasteiger partial charge on any atom is -0.360 e. The highest BCUT2D eigenvalue weighted by Gasteiger charge is 2.16. The van der Waals surface area contributed by atoms with E-state index in [0.29, 0.717) is 10.9 Å². The van der Waals surface area contributed by atoms with Crippen LogP contribution in [-0.2, 0) is 6.42 Å². The summed E-state index contributed by atoms with van der Waals surface area (Å²) in [6.45, 7) is 0. The molecule has 20 heavy (non-hydrogen) atoms. The van der Waals surface area contributed by atoms with Gasteiger partial charge in [0.2, 0.25) is 0 Å². The summed E-state index contributed by atoms with van der Waals surface area (Å²) in [6.07, 6.45) is 4.55. The van der Waals surface area contributed by atoms with Gasteiger partial charge in [0, 0.05) is 41.5 Å². The average molecular weight is 272 g/mol. The van der Waals surface area contributed by atoms with E-state index in [9.17, 15) is 13.6 Å². The van der Waals surface area contributed by atoms with Crippen molar-refractivity contribution in [1.29, 1.82) is 0 Å². The van der Waals surface area contributed by atoms with Gasteiger partial charge in [0.05, 0.1) is 0 Å². The molecule has 2 aromatic heterocycles. The van der Waals surface area contributed by atoms with Gasteiger partial charge in [0.15, 0.2) is 17.4 Å². The van der Waals surface area contributed by atoms with Gasteiger partial charge < -0.3 is 4.98 Å². The fourth-order valence-electron chi connectivity index (χ4n) is 2.15. The quantitative estimate of drug-likeness (QED) is 0.744. The molecule has 3 aromatic rings. The van der Waals surface area contributed by atoms with Crippen molar-refractivity contribution in [3.05, 3.63) is 65.6 Å². The molecule has 0 fully saturated rings. The summed E-state index contributed by atoms with van der Waals surface area (Å²) >= 11 is 0. The topological polar surface area (TPSA) is 45.8 Å². The van der Waals surface area contributed by atoms with Crippen molar-refractivity contribution in [2.45, 2.75) is 6.42 Å². The number of benzene rings is 1. The van der Waals surface area contributed by atoms with Gasteiger partial charge in [0.25, 0.3) is 0 Å². The van der Waals surface area contributed by atoms with E-state index in [0.717, 1.165) is 11.6 Å². The molecule has 0 unspecified atom stereocenters. The molecule has 0 spiro atoms. The van der Waals surface area contributed by atoms with E-state index in [1.54, 1.807) is 24.7 Å². The Kier molecular flexibility index (Phi) is 3.02. The SMILES string of the molecule is O=C(Cc1cccc(F)c1F)c1c[nH]c2ccncc12. The summed E-state index contributed by atoms with van der Waals surface area (Å²) < 4.78 is 26.7. The van der Waals surface area contributed by atoms with Gasteiger partial charge in [0.1, 0.15) is 0 Å². The molecule has 1 aromatic carbocycles. The Morgan fingerprint density at radius 3 is 2.95 bits per heavy atom. The van der Waals surface area contributed by atoms with Gasteiger partial charge in [-0.15, -0.1) is 0 Å². The number of fused-ring (bicyclic) bond motifs is 1. The first-order valence-corrected chi connectivity index (χ1v) is 6.04. The van der Waals surface area contributed by atoms with E-state index in [1.807, 2.05) is 0 Å². The van der Waals surface area contributed by atoms with E-state index >= 15 is 0 Å². The van der Waals surface area contributed by atoms with Crippen LogP contribution >= 0.6 is 0 Å². The fraction of sp³-hybridized carbons (Fsp3) is 0.0667. The van der Waals surface area contributed by atoms with Crippen molar-refractivity contribution < 1.29 is 13.6 Å². The number of carbonyl (C=O) groups is 1. The number of Topliss-reactive ketones (excluding diaryl/α,β-unsaturated/α-hetero) is 1. The van der Waals surface area contributed by atoms with Gasteiger partial charge in [-0.25, -0.2) is 8.78 Å². The molecular weight excluding hydrogens is 262 g/mol. The number of nitrogens with zero attached hydrogens (tertiary/aromatic N) is 1. The second-order valence-corrected chi connectivity index (χ2v) is 4.44. The highest BCUT2D eigenvalue weighted by Crippen LogP contribution is 2.20. The highest BCUT2D eigenvalue weighted by atomic mass is 19.2. The lowest BCUT2D eigenvalue weighted by Crippen LogP contribution is -2.05. The molecule has 0 atom stereocenters. The number of ketones is 1. The van der Waals surface area contributed by atoms with E-state index in [4.69, 9.17) is 0 Å². The molecular formula is C15H10F2N2O. The molecule has 0 aliphatic rings. The third-order valence-corrected chi connectivity index (χ3v) is 3.17. The lowest BCUT2D eigenvalue weighted by molar-refractivity contribution is 0.0993. The third kappa shape index (κ3) is 2.07. The molecule has 1 N–H and O–H groups in total. The van der Waals surface area contributed by atoms with Crippen LogP contribution in [0, 0.1) is 11.6 Å². The Hall–Kier alpha value is -2.56. The lowest BCUT2D eigenvalue weighted by Gasteiger charge is -2.03. The Morgan fingerprint density at radius 2 is 2.10 bits per heavy atom. The summed E-state index contributed by atoms with van der Waals surface area (Å²) in [4.78, 5) is 19.1. The predicted molar refractivity (Wildman–Crippen MR) is 70.5 cm³/mol. The summed E-state index contributed by atoms with van der Waals surface area (Å²) in [6, 6.07) is 5.56. The number of aromatic amines is 1. The number of nitrogens with one attached hydrogen (secondary N) is 1. The van der Waals surface area contributed by atoms with Crippen LogP contribution in [0.4, 0.5) is 8.78 Å². The normalized spacial score (nSPS) is 10.9. The first kappa shape index (κ1) is 12.5. The molecule has 0 saturated heterocycles. The number of aromatic nitrogens is 2. The number of pyridine rings is 1. The summed E-state index contributed by atoms with van der Waals surface area (Å²) in [5.41, 5.74) is 1.26. The molecule has 5 heteroatoms. The second kappa shape index (κ2) is 4.85. The van der Waals surface area contributed by atoms with E-state index in [1.165, 1.54) is 12.1 Å². The number of hydrogen-bond donors (Lipinski definition) is 1. The number of rotatable bonds is 3. The van der Waals surface area contributed by atoms with Crippen LogP contribution in [0.3, 0.4) is 0 Å². The number of carbonyl (C=O) groups excluding carboxylic acids is 1. The molecule has 0 bridgehead atoms. The highest BCUT2D eigenvalue weighted by molar-refractivity contribution is 6.08. The Morgan fingerprint density at radius 1 is 1.25 bits per heavy atom. The zero-order valence-corrected chi connectivity index (χ0v) is 10.4. The van der Waals surface area contributed by atoms with Crippen LogP contribution in [0.1, 0.15) is 15.9 Å². The molecule has 0 aliphatic heterocycles. The smallest absolute Gasteiger partial charge is 0.169 e. The van der Waals surface area contributed by atoms with E-state index in [-0.39, 0.29) is 17.8 Å². The number of hydrogen-bond acceptors (Lipinski definition) is 2. The van der Waals surface area contributed by atoms with Gasteiger partial charge in [-0.05, 0) is 17.7 Å². The summed E-state index contributed by atoms with van der Waals surface area (Å²) in [5, 5.41) is 0.675. The Balaban J connectivity index is 1.95. The minimum absolute atomic E-state index is 0.0493. The molecule has 0 radical (unpaired) electrons. The average Bonchev–Trinajstić information content (AvgIpc) is 2.88. The molecule has 0 aliphatic carbocycles. The van der Waals surface area contributed by atoms with Gasteiger partial charge in [-0.2, -0.15) is 0 Å². The number of halogens is 2. The molecule has 100 valence electrons. The lowest BCUT2D eigenvalue weighted by atomic mass is 10.0. The second-order valence-electron chi connectivity index (χ2n) is 4.44. The first-order chi connectivity index (χ1) is 9.66. The van der Waals surface area contributed by atoms with Crippen molar-refractivity contribution in [2.24, 2.45) is 0 Å². The van der Waals surface area contributed by atoms with Gasteiger partial charge in [-0.1, -0.05) is 12.1 Å². The van der Waals surface area contributed by atoms with Gasteiger partial charge in [-0.3, -0.25) is 9.78 Å². The van der Waals surface area contributed by atoms with Crippen LogP contribution in [0.25, 0.3) is 10.9 Å². The van der Waals surface area contributed by atoms with Crippen molar-refractivity contribution in [3.8, 4) is 0 Å². The van der Waals surface area contributed by atoms with Crippen LogP contribution in [0.15, 0.2) is 42.9 Å². The summed E-state index contributed by atoms with van der Waals surface area (Å²) in [5.74, 6) is -2.21. The van der Waals surface area contributed by atoms with Crippen LogP contribution < -0.4 is 0 Å². The zero-order chi connectivity index (χ0) is 14.1. The Labute approximate surface area is 113 Å². The molecule has 2 heterocycles. The maximum Gasteiger partial charge on any atom is 0.169 e. The Bertz CT molecular complexity index is 795. The summed E-state index contributed by atoms with van der Waals surface area (Å²) in [7, 11) is 0. The monoisotopic (exact) mass is 272 g/mol. The largest absolute Gasteiger partial charge is 0.360 e. The van der Waals surface area contributed by atoms with Crippen molar-refractivity contribution in [2.75, 3.05) is 0 Å². The van der Waals surface area contributed by atoms with Crippen molar-refractivity contribution >= 4 is 16.7 Å². The zero-order valence-electron chi connectivity index (χ0n) is 10.4. The molecule has 0 amide bonds. The predicted octanol–water partition coefficient (Wildman–Crippen LogP) is 3.27. The molecule has 3 rings (SSSR count). The van der Waals surface area contributed by atoms with E-state index < -0.39 is 11.6 Å². The molecule has 3 nitrogen and oxygen atoms in total. The van der Waals surface area contributed by atoms with Crippen LogP contribution in [0.2, 0.25) is 0 Å². The van der Waals surface area contributed by atoms with E-state index in [2.05, 4.69) is 9.97 Å². The van der Waals surface area contributed by atoms with Crippen LogP contribution in [-0.4, -0.2) is 15.8 Å². The fourth-order valence-corrected chi connectivity index (χ4v) is 2.15. The maximum atomic E-state index is 13.6. The van der Waals surface area contributed by atoms with Crippen LogP contribution in [0.5, 0.6) is 0 Å². The molecule has 0 saturated carbocycles. The first-order valence-electron chi connectivity index (χ1n) is 6.04. The third-order valence-electron chi connectivity index (χ3n) is 3.17. The van der Waals surface area contributed by atoms with Crippen molar-refractivity contribution in [3.63, 3.8) is 0 Å². The van der Waals surface area contributed by atoms with Gasteiger partial charge >= 0.3 is 0 Å². The number of H-pyrrole nitrogens is 1. The minimum atomic E-state index is -0.973. The standard InChI is InChI=1S/C15H10F2N2O/c16-12-3-1-2-9(15(12)17)6-14(20)11-8-19-13-4-5-18-7-10(11)13/h1-5,7-8,19H,6H2. The maximum absolute atomic E-state index is 13.6.